The number of amides is 1. The van der Waals surface area contributed by atoms with E-state index in [-0.39, 0.29) is 11.9 Å². The standard InChI is InChI=1S/C23H21ClN2O/c1-26(23(27)19-15-18-13-8-14-20(18)25-22(19)24)21(16-9-4-2-5-10-16)17-11-6-3-7-12-17/h2-7,9-12,15,21H,8,13-14H2,1H3. The summed E-state index contributed by atoms with van der Waals surface area (Å²) >= 11 is 6.38. The van der Waals surface area contributed by atoms with E-state index in [0.29, 0.717) is 10.7 Å². The number of fused-ring (bicyclic) bond motifs is 1. The second-order valence-electron chi connectivity index (χ2n) is 6.93. The molecule has 2 aromatic carbocycles. The zero-order valence-corrected chi connectivity index (χ0v) is 16.0. The van der Waals surface area contributed by atoms with Crippen LogP contribution in [0.3, 0.4) is 0 Å². The van der Waals surface area contributed by atoms with Gasteiger partial charge in [-0.3, -0.25) is 4.79 Å². The number of pyridine rings is 1. The molecule has 27 heavy (non-hydrogen) atoms. The fourth-order valence-electron chi connectivity index (χ4n) is 3.81. The summed E-state index contributed by atoms with van der Waals surface area (Å²) in [6.45, 7) is 0. The first-order chi connectivity index (χ1) is 13.1. The van der Waals surface area contributed by atoms with Gasteiger partial charge in [-0.25, -0.2) is 4.98 Å². The number of carbonyl (C=O) groups is 1. The normalized spacial score (nSPS) is 12.9. The van der Waals surface area contributed by atoms with Gasteiger partial charge < -0.3 is 4.90 Å². The first-order valence-corrected chi connectivity index (χ1v) is 9.58. The minimum absolute atomic E-state index is 0.111. The van der Waals surface area contributed by atoms with Gasteiger partial charge >= 0.3 is 0 Å². The Morgan fingerprint density at radius 1 is 1.00 bits per heavy atom. The van der Waals surface area contributed by atoms with Gasteiger partial charge in [-0.15, -0.1) is 0 Å². The summed E-state index contributed by atoms with van der Waals surface area (Å²) in [4.78, 5) is 19.6. The van der Waals surface area contributed by atoms with Crippen LogP contribution in [0, 0.1) is 0 Å². The van der Waals surface area contributed by atoms with Gasteiger partial charge in [-0.2, -0.15) is 0 Å². The Kier molecular flexibility index (Phi) is 4.95. The third-order valence-electron chi connectivity index (χ3n) is 5.17. The summed E-state index contributed by atoms with van der Waals surface area (Å²) in [5, 5.41) is 0.298. The van der Waals surface area contributed by atoms with Gasteiger partial charge in [0.05, 0.1) is 11.6 Å². The van der Waals surface area contributed by atoms with Crippen molar-refractivity contribution in [2.75, 3.05) is 7.05 Å². The number of aromatic nitrogens is 1. The van der Waals surface area contributed by atoms with Gasteiger partial charge in [0, 0.05) is 12.7 Å². The van der Waals surface area contributed by atoms with E-state index in [1.165, 1.54) is 0 Å². The van der Waals surface area contributed by atoms with Crippen LogP contribution in [0.4, 0.5) is 0 Å². The topological polar surface area (TPSA) is 33.2 Å². The SMILES string of the molecule is CN(C(=O)c1cc2c(nc1Cl)CCC2)C(c1ccccc1)c1ccccc1. The van der Waals surface area contributed by atoms with Crippen LogP contribution in [-0.4, -0.2) is 22.8 Å². The van der Waals surface area contributed by atoms with Gasteiger partial charge in [0.25, 0.3) is 5.91 Å². The average Bonchev–Trinajstić information content (AvgIpc) is 3.16. The number of benzene rings is 2. The summed E-state index contributed by atoms with van der Waals surface area (Å²) in [6, 6.07) is 21.9. The molecule has 4 heteroatoms. The molecule has 0 N–H and O–H groups in total. The van der Waals surface area contributed by atoms with Crippen LogP contribution >= 0.6 is 11.6 Å². The van der Waals surface area contributed by atoms with Crippen molar-refractivity contribution in [1.82, 2.24) is 9.88 Å². The third kappa shape index (κ3) is 3.47. The summed E-state index contributed by atoms with van der Waals surface area (Å²) in [5.74, 6) is -0.111. The molecule has 1 amide bonds. The summed E-state index contributed by atoms with van der Waals surface area (Å²) in [5.41, 5.74) is 4.78. The van der Waals surface area contributed by atoms with Crippen molar-refractivity contribution < 1.29 is 4.79 Å². The molecule has 0 spiro atoms. The maximum Gasteiger partial charge on any atom is 0.257 e. The van der Waals surface area contributed by atoms with Gasteiger partial charge in [-0.1, -0.05) is 72.3 Å². The van der Waals surface area contributed by atoms with Gasteiger partial charge in [0.15, 0.2) is 0 Å². The van der Waals surface area contributed by atoms with Crippen LogP contribution < -0.4 is 0 Å². The Balaban J connectivity index is 1.74. The molecular weight excluding hydrogens is 356 g/mol. The van der Waals surface area contributed by atoms with Crippen molar-refractivity contribution in [3.05, 3.63) is 99.8 Å². The van der Waals surface area contributed by atoms with E-state index >= 15 is 0 Å². The first-order valence-electron chi connectivity index (χ1n) is 9.20. The minimum Gasteiger partial charge on any atom is -0.330 e. The lowest BCUT2D eigenvalue weighted by Crippen LogP contribution is -2.32. The maximum absolute atomic E-state index is 13.4. The highest BCUT2D eigenvalue weighted by atomic mass is 35.5. The number of halogens is 1. The molecule has 3 aromatic rings. The monoisotopic (exact) mass is 376 g/mol. The van der Waals surface area contributed by atoms with Crippen LogP contribution in [0.2, 0.25) is 5.15 Å². The lowest BCUT2D eigenvalue weighted by atomic mass is 9.97. The molecule has 136 valence electrons. The number of carbonyl (C=O) groups excluding carboxylic acids is 1. The van der Waals surface area contributed by atoms with E-state index in [1.807, 2.05) is 73.8 Å². The van der Waals surface area contributed by atoms with Gasteiger partial charge in [0.1, 0.15) is 5.15 Å². The van der Waals surface area contributed by atoms with E-state index in [0.717, 1.165) is 41.6 Å². The minimum atomic E-state index is -0.191. The van der Waals surface area contributed by atoms with E-state index in [2.05, 4.69) is 4.98 Å². The van der Waals surface area contributed by atoms with E-state index < -0.39 is 0 Å². The number of rotatable bonds is 4. The van der Waals surface area contributed by atoms with Crippen LogP contribution in [-0.2, 0) is 12.8 Å². The van der Waals surface area contributed by atoms with Crippen molar-refractivity contribution in [2.24, 2.45) is 0 Å². The molecule has 1 heterocycles. The van der Waals surface area contributed by atoms with Crippen LogP contribution in [0.5, 0.6) is 0 Å². The lowest BCUT2D eigenvalue weighted by Gasteiger charge is -2.29. The Bertz CT molecular complexity index is 917. The zero-order chi connectivity index (χ0) is 18.8. The smallest absolute Gasteiger partial charge is 0.257 e. The number of aryl methyl sites for hydroxylation is 2. The molecule has 1 aliphatic carbocycles. The lowest BCUT2D eigenvalue weighted by molar-refractivity contribution is 0.0755. The fourth-order valence-corrected chi connectivity index (χ4v) is 4.05. The molecule has 4 rings (SSSR count). The molecule has 0 saturated carbocycles. The van der Waals surface area contributed by atoms with E-state index in [1.54, 1.807) is 4.90 Å². The molecule has 3 nitrogen and oxygen atoms in total. The second-order valence-corrected chi connectivity index (χ2v) is 7.28. The summed E-state index contributed by atoms with van der Waals surface area (Å²) < 4.78 is 0. The van der Waals surface area contributed by atoms with Crippen LogP contribution in [0.15, 0.2) is 66.7 Å². The molecule has 0 unspecified atom stereocenters. The Morgan fingerprint density at radius 3 is 2.19 bits per heavy atom. The highest BCUT2D eigenvalue weighted by molar-refractivity contribution is 6.32. The highest BCUT2D eigenvalue weighted by Crippen LogP contribution is 2.31. The fraction of sp³-hybridized carbons (Fsp3) is 0.217. The molecular formula is C23H21ClN2O. The summed E-state index contributed by atoms with van der Waals surface area (Å²) in [6.07, 6.45) is 2.98. The quantitative estimate of drug-likeness (QED) is 0.594. The summed E-state index contributed by atoms with van der Waals surface area (Å²) in [7, 11) is 1.83. The van der Waals surface area contributed by atoms with Gasteiger partial charge in [-0.05, 0) is 42.0 Å². The average molecular weight is 377 g/mol. The van der Waals surface area contributed by atoms with E-state index in [4.69, 9.17) is 11.6 Å². The highest BCUT2D eigenvalue weighted by Gasteiger charge is 2.27. The van der Waals surface area contributed by atoms with Crippen molar-refractivity contribution in [2.45, 2.75) is 25.3 Å². The predicted octanol–water partition coefficient (Wildman–Crippen LogP) is 5.09. The van der Waals surface area contributed by atoms with Crippen LogP contribution in [0.25, 0.3) is 0 Å². The largest absolute Gasteiger partial charge is 0.330 e. The third-order valence-corrected chi connectivity index (χ3v) is 5.46. The van der Waals surface area contributed by atoms with Gasteiger partial charge in [0.2, 0.25) is 0 Å². The van der Waals surface area contributed by atoms with E-state index in [9.17, 15) is 4.79 Å². The number of nitrogens with zero attached hydrogens (tertiary/aromatic N) is 2. The maximum atomic E-state index is 13.4. The predicted molar refractivity (Wildman–Crippen MR) is 108 cm³/mol. The Morgan fingerprint density at radius 2 is 1.59 bits per heavy atom. The van der Waals surface area contributed by atoms with Crippen LogP contribution in [0.1, 0.15) is 45.2 Å². The molecule has 0 saturated heterocycles. The van der Waals surface area contributed by atoms with Crippen molar-refractivity contribution in [1.29, 1.82) is 0 Å². The Hall–Kier alpha value is -2.65. The first kappa shape index (κ1) is 17.7. The van der Waals surface area contributed by atoms with Crippen molar-refractivity contribution in [3.8, 4) is 0 Å². The Labute approximate surface area is 164 Å². The molecule has 0 fully saturated rings. The molecule has 0 atom stereocenters. The molecule has 0 radical (unpaired) electrons. The molecule has 0 aliphatic heterocycles. The number of hydrogen-bond acceptors (Lipinski definition) is 2. The zero-order valence-electron chi connectivity index (χ0n) is 15.2. The second kappa shape index (κ2) is 7.53. The molecule has 1 aromatic heterocycles. The molecule has 0 bridgehead atoms. The number of hydrogen-bond donors (Lipinski definition) is 0. The molecule has 1 aliphatic rings. The van der Waals surface area contributed by atoms with Crippen molar-refractivity contribution in [3.63, 3.8) is 0 Å². The van der Waals surface area contributed by atoms with Crippen molar-refractivity contribution >= 4 is 17.5 Å².